The quantitative estimate of drug-likeness (QED) is 0.670. The molecule has 0 radical (unpaired) electrons. The normalized spacial score (nSPS) is 23.3. The lowest BCUT2D eigenvalue weighted by Gasteiger charge is -2.31. The van der Waals surface area contributed by atoms with Gasteiger partial charge in [-0.1, -0.05) is 0 Å². The maximum Gasteiger partial charge on any atom is 0.329 e. The van der Waals surface area contributed by atoms with Gasteiger partial charge in [-0.05, 0) is 26.2 Å². The first-order chi connectivity index (χ1) is 12.3. The second-order valence-corrected chi connectivity index (χ2v) is 7.27. The Hall–Kier alpha value is -2.55. The fourth-order valence-electron chi connectivity index (χ4n) is 4.01. The first-order valence-electron chi connectivity index (χ1n) is 8.74. The second kappa shape index (κ2) is 5.73. The van der Waals surface area contributed by atoms with Crippen LogP contribution in [0.5, 0.6) is 5.75 Å². The summed E-state index contributed by atoms with van der Waals surface area (Å²) in [5, 5.41) is -0.0460. The minimum atomic E-state index is -0.710. The fraction of sp³-hybridized carbons (Fsp3) is 0.529. The molecule has 26 heavy (non-hydrogen) atoms. The lowest BCUT2D eigenvalue weighted by atomic mass is 10.0. The number of rotatable bonds is 2. The van der Waals surface area contributed by atoms with E-state index in [0.717, 1.165) is 6.42 Å². The van der Waals surface area contributed by atoms with Crippen molar-refractivity contribution in [1.82, 2.24) is 9.55 Å². The monoisotopic (exact) mass is 363 g/mol. The Morgan fingerprint density at radius 1 is 1.38 bits per heavy atom. The minimum absolute atomic E-state index is 0.0146. The largest absolute Gasteiger partial charge is 0.487 e. The molecule has 0 aliphatic carbocycles. The number of ether oxygens (including phenoxy) is 1. The van der Waals surface area contributed by atoms with E-state index in [1.54, 1.807) is 6.92 Å². The molecule has 0 bridgehead atoms. The Bertz CT molecular complexity index is 1010. The molecule has 5 N–H and O–H groups in total. The number of anilines is 2. The highest BCUT2D eigenvalue weighted by Gasteiger charge is 2.35. The molecule has 1 saturated heterocycles. The maximum absolute atomic E-state index is 15.2. The van der Waals surface area contributed by atoms with Crippen molar-refractivity contribution in [2.45, 2.75) is 32.4 Å². The summed E-state index contributed by atoms with van der Waals surface area (Å²) in [5.74, 6) is -0.260. The summed E-state index contributed by atoms with van der Waals surface area (Å²) in [7, 11) is 0. The number of nitrogens with one attached hydrogen (secondary N) is 1. The molecule has 3 atom stereocenters. The van der Waals surface area contributed by atoms with Crippen molar-refractivity contribution in [2.75, 3.05) is 30.3 Å². The zero-order valence-corrected chi connectivity index (χ0v) is 14.7. The standard InChI is InChI=1S/C17H22FN5O3/c1-7-6-26-15-13-10(16(24)21-17(25)23(7)13)12(20)11(18)14(15)22-4-3-9(5-22)8(2)19/h7-9H,3-6,19-20H2,1-2H3,(H,21,24,25)/t7?,8-,9+/m1/s1. The van der Waals surface area contributed by atoms with Gasteiger partial charge in [0.25, 0.3) is 5.56 Å². The number of aromatic amines is 1. The Kier molecular flexibility index (Phi) is 3.72. The van der Waals surface area contributed by atoms with Gasteiger partial charge in [0.2, 0.25) is 0 Å². The van der Waals surface area contributed by atoms with E-state index in [4.69, 9.17) is 16.2 Å². The van der Waals surface area contributed by atoms with Gasteiger partial charge in [-0.3, -0.25) is 14.3 Å². The zero-order chi connectivity index (χ0) is 18.7. The maximum atomic E-state index is 15.2. The van der Waals surface area contributed by atoms with Crippen LogP contribution in [0, 0.1) is 11.7 Å². The Balaban J connectivity index is 2.03. The highest BCUT2D eigenvalue weighted by Crippen LogP contribution is 2.45. The number of nitrogen functional groups attached to an aromatic ring is 1. The van der Waals surface area contributed by atoms with Gasteiger partial charge in [0.15, 0.2) is 11.6 Å². The number of aromatic nitrogens is 2. The second-order valence-electron chi connectivity index (χ2n) is 7.27. The molecule has 3 heterocycles. The molecular formula is C17H22FN5O3. The molecule has 1 fully saturated rings. The number of H-pyrrole nitrogens is 1. The summed E-state index contributed by atoms with van der Waals surface area (Å²) < 4.78 is 22.4. The smallest absolute Gasteiger partial charge is 0.329 e. The zero-order valence-electron chi connectivity index (χ0n) is 14.7. The van der Waals surface area contributed by atoms with E-state index in [1.807, 2.05) is 11.8 Å². The fourth-order valence-corrected chi connectivity index (χ4v) is 4.01. The van der Waals surface area contributed by atoms with Gasteiger partial charge in [0, 0.05) is 19.1 Å². The first-order valence-corrected chi connectivity index (χ1v) is 8.74. The van der Waals surface area contributed by atoms with Gasteiger partial charge in [0.1, 0.15) is 17.8 Å². The lowest BCUT2D eigenvalue weighted by Crippen LogP contribution is -2.38. The minimum Gasteiger partial charge on any atom is -0.487 e. The Labute approximate surface area is 148 Å². The molecule has 9 heteroatoms. The predicted octanol–water partition coefficient (Wildman–Crippen LogP) is 0.538. The van der Waals surface area contributed by atoms with Crippen LogP contribution in [0.3, 0.4) is 0 Å². The first kappa shape index (κ1) is 16.9. The van der Waals surface area contributed by atoms with Crippen LogP contribution in [0.15, 0.2) is 9.59 Å². The molecule has 0 saturated carbocycles. The van der Waals surface area contributed by atoms with Gasteiger partial charge in [-0.2, -0.15) is 0 Å². The molecule has 0 spiro atoms. The molecular weight excluding hydrogens is 341 g/mol. The van der Waals surface area contributed by atoms with Crippen molar-refractivity contribution >= 4 is 22.3 Å². The molecule has 2 aromatic rings. The van der Waals surface area contributed by atoms with Crippen LogP contribution in [0.25, 0.3) is 10.9 Å². The van der Waals surface area contributed by atoms with Crippen molar-refractivity contribution in [3.05, 3.63) is 26.7 Å². The van der Waals surface area contributed by atoms with Crippen molar-refractivity contribution in [3.63, 3.8) is 0 Å². The summed E-state index contributed by atoms with van der Waals surface area (Å²) in [6.45, 7) is 5.10. The molecule has 140 valence electrons. The predicted molar refractivity (Wildman–Crippen MR) is 97.4 cm³/mol. The van der Waals surface area contributed by atoms with E-state index in [-0.39, 0.29) is 52.6 Å². The van der Waals surface area contributed by atoms with Gasteiger partial charge in [-0.15, -0.1) is 0 Å². The van der Waals surface area contributed by atoms with Crippen molar-refractivity contribution in [2.24, 2.45) is 11.7 Å². The number of hydrogen-bond donors (Lipinski definition) is 3. The van der Waals surface area contributed by atoms with Crippen LogP contribution in [-0.4, -0.2) is 35.3 Å². The van der Waals surface area contributed by atoms with Crippen LogP contribution in [0.2, 0.25) is 0 Å². The number of halogens is 1. The molecule has 2 aliphatic heterocycles. The van der Waals surface area contributed by atoms with Crippen LogP contribution in [-0.2, 0) is 0 Å². The van der Waals surface area contributed by atoms with Crippen LogP contribution < -0.4 is 32.4 Å². The SMILES string of the molecule is CC1COc2c(N3CC[C@H]([C@@H](C)N)C3)c(F)c(N)c3c(=O)[nH]c(=O)n1c23. The highest BCUT2D eigenvalue weighted by molar-refractivity contribution is 6.00. The summed E-state index contributed by atoms with van der Waals surface area (Å²) in [5.41, 5.74) is 10.9. The van der Waals surface area contributed by atoms with E-state index in [1.165, 1.54) is 4.57 Å². The van der Waals surface area contributed by atoms with Crippen LogP contribution in [0.4, 0.5) is 15.8 Å². The molecule has 4 rings (SSSR count). The van der Waals surface area contributed by atoms with Gasteiger partial charge < -0.3 is 21.1 Å². The van der Waals surface area contributed by atoms with Crippen LogP contribution in [0.1, 0.15) is 26.3 Å². The average Bonchev–Trinajstić information content (AvgIpc) is 3.05. The van der Waals surface area contributed by atoms with E-state index >= 15 is 4.39 Å². The van der Waals surface area contributed by atoms with E-state index in [2.05, 4.69) is 4.98 Å². The lowest BCUT2D eigenvalue weighted by molar-refractivity contribution is 0.242. The van der Waals surface area contributed by atoms with Gasteiger partial charge in [0.05, 0.1) is 17.1 Å². The van der Waals surface area contributed by atoms with Crippen molar-refractivity contribution in [3.8, 4) is 5.75 Å². The Morgan fingerprint density at radius 2 is 2.12 bits per heavy atom. The van der Waals surface area contributed by atoms with E-state index in [0.29, 0.717) is 13.1 Å². The molecule has 8 nitrogen and oxygen atoms in total. The van der Waals surface area contributed by atoms with Gasteiger partial charge >= 0.3 is 5.69 Å². The topological polar surface area (TPSA) is 119 Å². The van der Waals surface area contributed by atoms with Crippen LogP contribution >= 0.6 is 0 Å². The molecule has 1 unspecified atom stereocenters. The third-order valence-electron chi connectivity index (χ3n) is 5.48. The van der Waals surface area contributed by atoms with Gasteiger partial charge in [-0.25, -0.2) is 9.18 Å². The molecule has 2 aliphatic rings. The van der Waals surface area contributed by atoms with E-state index in [9.17, 15) is 9.59 Å². The van der Waals surface area contributed by atoms with Crippen molar-refractivity contribution < 1.29 is 9.13 Å². The summed E-state index contributed by atoms with van der Waals surface area (Å²) in [4.78, 5) is 28.7. The summed E-state index contributed by atoms with van der Waals surface area (Å²) >= 11 is 0. The molecule has 1 aromatic carbocycles. The Morgan fingerprint density at radius 3 is 2.77 bits per heavy atom. The molecule has 1 aromatic heterocycles. The van der Waals surface area contributed by atoms with Crippen molar-refractivity contribution in [1.29, 1.82) is 0 Å². The average molecular weight is 363 g/mol. The number of nitrogens with two attached hydrogens (primary N) is 2. The van der Waals surface area contributed by atoms with E-state index < -0.39 is 17.1 Å². The summed E-state index contributed by atoms with van der Waals surface area (Å²) in [6.07, 6.45) is 0.826. The summed E-state index contributed by atoms with van der Waals surface area (Å²) in [6, 6.07) is -0.318. The third-order valence-corrected chi connectivity index (χ3v) is 5.48. The number of hydrogen-bond acceptors (Lipinski definition) is 6. The number of nitrogens with zero attached hydrogens (tertiary/aromatic N) is 2. The molecule has 0 amide bonds. The third kappa shape index (κ3) is 2.23. The highest BCUT2D eigenvalue weighted by atomic mass is 19.1. The number of benzene rings is 1.